The van der Waals surface area contributed by atoms with E-state index in [1.165, 1.54) is 6.92 Å². The van der Waals surface area contributed by atoms with Crippen LogP contribution >= 0.6 is 11.6 Å². The van der Waals surface area contributed by atoms with Gasteiger partial charge in [0.1, 0.15) is 5.75 Å². The van der Waals surface area contributed by atoms with Gasteiger partial charge in [0.05, 0.1) is 23.8 Å². The largest absolute Gasteiger partial charge is 0.479 e. The summed E-state index contributed by atoms with van der Waals surface area (Å²) in [5.74, 6) is -0.0352. The van der Waals surface area contributed by atoms with Gasteiger partial charge < -0.3 is 20.3 Å². The van der Waals surface area contributed by atoms with E-state index in [0.717, 1.165) is 0 Å². The van der Waals surface area contributed by atoms with Crippen molar-refractivity contribution in [2.24, 2.45) is 0 Å². The van der Waals surface area contributed by atoms with E-state index in [1.807, 2.05) is 0 Å². The van der Waals surface area contributed by atoms with Gasteiger partial charge >= 0.3 is 0 Å². The maximum Gasteiger partial charge on any atom is 0.261 e. The molecule has 0 radical (unpaired) electrons. The highest BCUT2D eigenvalue weighted by Crippen LogP contribution is 2.24. The Bertz CT molecular complexity index is 434. The van der Waals surface area contributed by atoms with E-state index in [1.54, 1.807) is 31.2 Å². The molecule has 1 rings (SSSR count). The Morgan fingerprint density at radius 3 is 2.53 bits per heavy atom. The van der Waals surface area contributed by atoms with Crippen molar-refractivity contribution < 1.29 is 19.7 Å². The molecular formula is C13H18ClNO4. The van der Waals surface area contributed by atoms with Crippen molar-refractivity contribution in [3.05, 3.63) is 29.3 Å². The molecule has 0 bridgehead atoms. The van der Waals surface area contributed by atoms with Crippen molar-refractivity contribution in [1.82, 2.24) is 5.32 Å². The highest BCUT2D eigenvalue weighted by Gasteiger charge is 2.27. The Morgan fingerprint density at radius 2 is 2.00 bits per heavy atom. The number of nitrogens with one attached hydrogen (secondary N) is 1. The van der Waals surface area contributed by atoms with Gasteiger partial charge in [-0.25, -0.2) is 0 Å². The maximum absolute atomic E-state index is 11.9. The monoisotopic (exact) mass is 287 g/mol. The lowest BCUT2D eigenvalue weighted by atomic mass is 10.1. The molecule has 1 amide bonds. The van der Waals surface area contributed by atoms with Crippen LogP contribution in [0.2, 0.25) is 5.02 Å². The molecule has 1 aromatic rings. The number of rotatable bonds is 6. The molecule has 3 N–H and O–H groups in total. The summed E-state index contributed by atoms with van der Waals surface area (Å²) >= 11 is 5.92. The summed E-state index contributed by atoms with van der Waals surface area (Å²) in [4.78, 5) is 11.9. The number of benzene rings is 1. The van der Waals surface area contributed by atoms with Gasteiger partial charge in [-0.3, -0.25) is 4.79 Å². The first-order valence-electron chi connectivity index (χ1n) is 5.87. The third kappa shape index (κ3) is 4.38. The van der Waals surface area contributed by atoms with Crippen LogP contribution in [0.4, 0.5) is 0 Å². The summed E-state index contributed by atoms with van der Waals surface area (Å²) in [5, 5.41) is 21.2. The summed E-state index contributed by atoms with van der Waals surface area (Å²) in [6.45, 7) is 2.36. The highest BCUT2D eigenvalue weighted by molar-refractivity contribution is 6.32. The van der Waals surface area contributed by atoms with Gasteiger partial charge in [-0.15, -0.1) is 0 Å². The molecule has 1 atom stereocenters. The number of aliphatic hydroxyl groups is 2. The van der Waals surface area contributed by atoms with Crippen molar-refractivity contribution in [2.75, 3.05) is 13.2 Å². The molecule has 0 aromatic heterocycles. The normalized spacial score (nSPS) is 12.9. The first-order chi connectivity index (χ1) is 8.91. The average molecular weight is 288 g/mol. The van der Waals surface area contributed by atoms with Crippen molar-refractivity contribution in [3.63, 3.8) is 0 Å². The number of aliphatic hydroxyl groups excluding tert-OH is 2. The fraction of sp³-hybridized carbons (Fsp3) is 0.462. The molecule has 0 fully saturated rings. The van der Waals surface area contributed by atoms with Gasteiger partial charge in [-0.2, -0.15) is 0 Å². The Kier molecular flexibility index (Phi) is 5.60. The lowest BCUT2D eigenvalue weighted by Gasteiger charge is -2.28. The standard InChI is InChI=1S/C13H18ClNO4/c1-9(12(18)15-13(2,7-16)8-17)19-11-6-4-3-5-10(11)14/h3-6,9,16-17H,7-8H2,1-2H3,(H,15,18). The Labute approximate surface area is 117 Å². The first kappa shape index (κ1) is 15.8. The number of ether oxygens (including phenoxy) is 1. The second kappa shape index (κ2) is 6.75. The average Bonchev–Trinajstić information content (AvgIpc) is 2.41. The second-order valence-corrected chi connectivity index (χ2v) is 4.96. The van der Waals surface area contributed by atoms with Gasteiger partial charge in [0, 0.05) is 0 Å². The summed E-state index contributed by atoms with van der Waals surface area (Å²) in [7, 11) is 0. The van der Waals surface area contributed by atoms with Gasteiger partial charge in [-0.1, -0.05) is 23.7 Å². The van der Waals surface area contributed by atoms with Crippen molar-refractivity contribution in [2.45, 2.75) is 25.5 Å². The van der Waals surface area contributed by atoms with E-state index >= 15 is 0 Å². The first-order valence-corrected chi connectivity index (χ1v) is 6.24. The zero-order chi connectivity index (χ0) is 14.5. The summed E-state index contributed by atoms with van der Waals surface area (Å²) in [6, 6.07) is 6.82. The lowest BCUT2D eigenvalue weighted by molar-refractivity contribution is -0.130. The second-order valence-electron chi connectivity index (χ2n) is 4.56. The number of carbonyl (C=O) groups is 1. The van der Waals surface area contributed by atoms with Crippen LogP contribution in [0.3, 0.4) is 0 Å². The number of halogens is 1. The van der Waals surface area contributed by atoms with Crippen LogP contribution in [0.5, 0.6) is 5.75 Å². The van der Waals surface area contributed by atoms with Crippen LogP contribution in [-0.4, -0.2) is 41.0 Å². The number of carbonyl (C=O) groups excluding carboxylic acids is 1. The van der Waals surface area contributed by atoms with E-state index in [0.29, 0.717) is 10.8 Å². The van der Waals surface area contributed by atoms with Crippen molar-refractivity contribution in [1.29, 1.82) is 0 Å². The molecule has 0 saturated carbocycles. The summed E-state index contributed by atoms with van der Waals surface area (Å²) < 4.78 is 5.43. The van der Waals surface area contributed by atoms with Gasteiger partial charge in [0.25, 0.3) is 5.91 Å². The third-order valence-corrected chi connectivity index (χ3v) is 2.94. The minimum Gasteiger partial charge on any atom is -0.479 e. The molecule has 1 unspecified atom stereocenters. The zero-order valence-corrected chi connectivity index (χ0v) is 11.6. The Morgan fingerprint density at radius 1 is 1.42 bits per heavy atom. The fourth-order valence-electron chi connectivity index (χ4n) is 1.31. The van der Waals surface area contributed by atoms with E-state index in [9.17, 15) is 4.79 Å². The van der Waals surface area contributed by atoms with Crippen molar-refractivity contribution in [3.8, 4) is 5.75 Å². The lowest BCUT2D eigenvalue weighted by Crippen LogP contribution is -2.55. The van der Waals surface area contributed by atoms with Crippen LogP contribution in [0.25, 0.3) is 0 Å². The minimum absolute atomic E-state index is 0.367. The molecule has 5 nitrogen and oxygen atoms in total. The molecule has 0 spiro atoms. The quantitative estimate of drug-likeness (QED) is 0.728. The van der Waals surface area contributed by atoms with E-state index in [2.05, 4.69) is 5.32 Å². The van der Waals surface area contributed by atoms with Crippen LogP contribution in [0.15, 0.2) is 24.3 Å². The van der Waals surface area contributed by atoms with E-state index < -0.39 is 17.6 Å². The summed E-state index contributed by atoms with van der Waals surface area (Å²) in [5.41, 5.74) is -1.07. The molecule has 0 aliphatic heterocycles. The molecule has 0 heterocycles. The topological polar surface area (TPSA) is 78.8 Å². The smallest absolute Gasteiger partial charge is 0.261 e. The number of hydrogen-bond acceptors (Lipinski definition) is 4. The van der Waals surface area contributed by atoms with Crippen LogP contribution in [0, 0.1) is 0 Å². The minimum atomic E-state index is -1.07. The van der Waals surface area contributed by atoms with E-state index in [-0.39, 0.29) is 13.2 Å². The molecular weight excluding hydrogens is 270 g/mol. The number of hydrogen-bond donors (Lipinski definition) is 3. The molecule has 0 aliphatic carbocycles. The molecule has 0 aliphatic rings. The Hall–Kier alpha value is -1.30. The molecule has 6 heteroatoms. The molecule has 0 saturated heterocycles. The van der Waals surface area contributed by atoms with Crippen LogP contribution in [0.1, 0.15) is 13.8 Å². The fourth-order valence-corrected chi connectivity index (χ4v) is 1.49. The van der Waals surface area contributed by atoms with Crippen LogP contribution < -0.4 is 10.1 Å². The zero-order valence-electron chi connectivity index (χ0n) is 10.9. The van der Waals surface area contributed by atoms with E-state index in [4.69, 9.17) is 26.6 Å². The van der Waals surface area contributed by atoms with Gasteiger partial charge in [-0.05, 0) is 26.0 Å². The predicted molar refractivity (Wildman–Crippen MR) is 72.3 cm³/mol. The number of para-hydroxylation sites is 1. The SMILES string of the molecule is CC(Oc1ccccc1Cl)C(=O)NC(C)(CO)CO. The third-order valence-electron chi connectivity index (χ3n) is 2.63. The number of amides is 1. The highest BCUT2D eigenvalue weighted by atomic mass is 35.5. The molecule has 1 aromatic carbocycles. The predicted octanol–water partition coefficient (Wildman–Crippen LogP) is 0.967. The Balaban J connectivity index is 2.66. The molecule has 19 heavy (non-hydrogen) atoms. The van der Waals surface area contributed by atoms with Gasteiger partial charge in [0.15, 0.2) is 6.10 Å². The van der Waals surface area contributed by atoms with Crippen molar-refractivity contribution >= 4 is 17.5 Å². The summed E-state index contributed by atoms with van der Waals surface area (Å²) in [6.07, 6.45) is -0.794. The van der Waals surface area contributed by atoms with Crippen LogP contribution in [-0.2, 0) is 4.79 Å². The maximum atomic E-state index is 11.9. The van der Waals surface area contributed by atoms with Gasteiger partial charge in [0.2, 0.25) is 0 Å². The molecule has 106 valence electrons.